The van der Waals surface area contributed by atoms with Crippen LogP contribution in [-0.4, -0.2) is 14.8 Å². The van der Waals surface area contributed by atoms with Gasteiger partial charge in [-0.25, -0.2) is 0 Å². The Balaban J connectivity index is 0.00000353. The van der Waals surface area contributed by atoms with E-state index in [-0.39, 0.29) is 37.7 Å². The molecule has 0 bridgehead atoms. The number of pyridine rings is 1. The van der Waals surface area contributed by atoms with Gasteiger partial charge in [0.15, 0.2) is 0 Å². The number of aromatic nitrogens is 3. The summed E-state index contributed by atoms with van der Waals surface area (Å²) in [6.45, 7) is 2.35. The van der Waals surface area contributed by atoms with Gasteiger partial charge < -0.3 is 0 Å². The van der Waals surface area contributed by atoms with Crippen LogP contribution < -0.4 is 0 Å². The van der Waals surface area contributed by atoms with E-state index >= 15 is 0 Å². The molecule has 3 nitrogen and oxygen atoms in total. The van der Waals surface area contributed by atoms with E-state index in [1.807, 2.05) is 6.07 Å². The summed E-state index contributed by atoms with van der Waals surface area (Å²) < 4.78 is 57.9. The maximum Gasteiger partial charge on any atom is 2.00 e. The Morgan fingerprint density at radius 2 is 1.60 bits per heavy atom. The zero-order valence-electron chi connectivity index (χ0n) is 22.8. The second kappa shape index (κ2) is 12.7. The Morgan fingerprint density at radius 3 is 2.31 bits per heavy atom. The van der Waals surface area contributed by atoms with Crippen LogP contribution in [0.25, 0.3) is 27.8 Å². The molecule has 42 heavy (non-hydrogen) atoms. The van der Waals surface area contributed by atoms with Crippen molar-refractivity contribution in [3.8, 4) is 16.9 Å². The number of benzene rings is 3. The van der Waals surface area contributed by atoms with Crippen molar-refractivity contribution in [1.82, 2.24) is 14.8 Å². The van der Waals surface area contributed by atoms with E-state index in [0.29, 0.717) is 21.3 Å². The SMILES string of the molecule is CC1(Cc2ccc3c(c2)c(Sc2cccc(-c4[c-]cc(F)cc4F)n2)nn3-c2[c-]cc(F)cc2F)CCCCCC1.[Pt+2]. The molecule has 2 heterocycles. The van der Waals surface area contributed by atoms with Gasteiger partial charge in [-0.05, 0) is 71.6 Å². The first-order valence-electron chi connectivity index (χ1n) is 13.7. The molecule has 2 aromatic heterocycles. The average molecular weight is 769 g/mol. The van der Waals surface area contributed by atoms with Crippen LogP contribution in [0.2, 0.25) is 0 Å². The molecule has 0 N–H and O–H groups in total. The van der Waals surface area contributed by atoms with Crippen molar-refractivity contribution in [2.75, 3.05) is 0 Å². The Kier molecular flexibility index (Phi) is 9.24. The van der Waals surface area contributed by atoms with Crippen molar-refractivity contribution < 1.29 is 38.6 Å². The molecule has 0 spiro atoms. The standard InChI is InChI=1S/C33H27F4N3S.Pt/c1-33(15-4-2-3-5-16-33)20-21-9-13-29-25(17-21)32(39-40(29)30-14-11-23(35)19-27(30)37)41-31-8-6-7-28(38-31)24-12-10-22(34)18-26(24)36;/h6-11,13,17-19H,2-5,15-16,20H2,1H3;/q-2;+2. The zero-order chi connectivity index (χ0) is 28.6. The first-order valence-corrected chi connectivity index (χ1v) is 14.5. The summed E-state index contributed by atoms with van der Waals surface area (Å²) in [5, 5.41) is 6.60. The summed E-state index contributed by atoms with van der Waals surface area (Å²) in [5.41, 5.74) is 2.39. The quantitative estimate of drug-likeness (QED) is 0.0981. The number of hydrogen-bond acceptors (Lipinski definition) is 3. The van der Waals surface area contributed by atoms with E-state index in [2.05, 4.69) is 36.2 Å². The van der Waals surface area contributed by atoms with E-state index in [9.17, 15) is 17.6 Å². The van der Waals surface area contributed by atoms with Crippen LogP contribution in [0.15, 0.2) is 70.7 Å². The second-order valence-corrected chi connectivity index (χ2v) is 12.0. The van der Waals surface area contributed by atoms with Crippen molar-refractivity contribution in [2.24, 2.45) is 5.41 Å². The molecule has 0 unspecified atom stereocenters. The topological polar surface area (TPSA) is 30.7 Å². The fourth-order valence-electron chi connectivity index (χ4n) is 5.70. The largest absolute Gasteiger partial charge is 2.00 e. The third kappa shape index (κ3) is 6.50. The minimum Gasteiger partial charge on any atom is -0.290 e. The molecule has 1 saturated carbocycles. The minimum absolute atomic E-state index is 0. The fraction of sp³-hybridized carbons (Fsp3) is 0.273. The van der Waals surface area contributed by atoms with Crippen LogP contribution in [0.5, 0.6) is 0 Å². The van der Waals surface area contributed by atoms with E-state index < -0.39 is 23.3 Å². The number of halogens is 4. The van der Waals surface area contributed by atoms with Crippen LogP contribution >= 0.6 is 11.8 Å². The molecule has 218 valence electrons. The second-order valence-electron chi connectivity index (χ2n) is 11.0. The van der Waals surface area contributed by atoms with Gasteiger partial charge in [-0.1, -0.05) is 62.4 Å². The monoisotopic (exact) mass is 768 g/mol. The molecule has 9 heteroatoms. The van der Waals surface area contributed by atoms with Gasteiger partial charge in [0.2, 0.25) is 0 Å². The Labute approximate surface area is 261 Å². The molecular formula is C33H27F4N3PtS. The van der Waals surface area contributed by atoms with Gasteiger partial charge in [0.25, 0.3) is 0 Å². The smallest absolute Gasteiger partial charge is 0.290 e. The van der Waals surface area contributed by atoms with Crippen molar-refractivity contribution in [1.29, 1.82) is 0 Å². The van der Waals surface area contributed by atoms with Crippen molar-refractivity contribution in [3.63, 3.8) is 0 Å². The van der Waals surface area contributed by atoms with Gasteiger partial charge in [0.05, 0.1) is 10.5 Å². The van der Waals surface area contributed by atoms with Gasteiger partial charge in [-0.2, -0.15) is 11.2 Å². The van der Waals surface area contributed by atoms with Crippen LogP contribution in [0.1, 0.15) is 51.0 Å². The van der Waals surface area contributed by atoms with E-state index in [1.54, 1.807) is 18.2 Å². The summed E-state index contributed by atoms with van der Waals surface area (Å²) in [6.07, 6.45) is 8.27. The third-order valence-electron chi connectivity index (χ3n) is 7.74. The summed E-state index contributed by atoms with van der Waals surface area (Å²) in [4.78, 5) is 4.57. The number of rotatable bonds is 6. The fourth-order valence-corrected chi connectivity index (χ4v) is 6.58. The average Bonchev–Trinajstić information content (AvgIpc) is 3.12. The molecule has 1 aliphatic rings. The summed E-state index contributed by atoms with van der Waals surface area (Å²) in [7, 11) is 0. The molecule has 0 atom stereocenters. The molecule has 5 aromatic rings. The molecule has 0 amide bonds. The van der Waals surface area contributed by atoms with E-state index in [4.69, 9.17) is 5.10 Å². The number of fused-ring (bicyclic) bond motifs is 1. The maximum atomic E-state index is 14.9. The van der Waals surface area contributed by atoms with Crippen LogP contribution in [0, 0.1) is 40.8 Å². The molecule has 0 saturated heterocycles. The van der Waals surface area contributed by atoms with Crippen molar-refractivity contribution >= 4 is 22.7 Å². The van der Waals surface area contributed by atoms with Gasteiger partial charge in [-0.3, -0.25) is 27.2 Å². The molecule has 3 aromatic carbocycles. The van der Waals surface area contributed by atoms with Gasteiger partial charge >= 0.3 is 21.1 Å². The summed E-state index contributed by atoms with van der Waals surface area (Å²) in [5.74, 6) is -2.97. The first kappa shape index (κ1) is 30.5. The molecule has 1 aliphatic carbocycles. The molecule has 6 rings (SSSR count). The maximum absolute atomic E-state index is 14.9. The third-order valence-corrected chi connectivity index (χ3v) is 8.67. The number of hydrogen-bond donors (Lipinski definition) is 0. The minimum atomic E-state index is -0.775. The van der Waals surface area contributed by atoms with Crippen LogP contribution in [0.4, 0.5) is 17.6 Å². The Morgan fingerprint density at radius 1 is 0.881 bits per heavy atom. The van der Waals surface area contributed by atoms with Gasteiger partial charge in [0, 0.05) is 28.7 Å². The van der Waals surface area contributed by atoms with Crippen LogP contribution in [0.3, 0.4) is 0 Å². The molecule has 0 aliphatic heterocycles. The molecular weight excluding hydrogens is 742 g/mol. The Hall–Kier alpha value is -2.96. The Bertz CT molecular complexity index is 1730. The van der Waals surface area contributed by atoms with Crippen LogP contribution in [-0.2, 0) is 27.5 Å². The van der Waals surface area contributed by atoms with Crippen molar-refractivity contribution in [3.05, 3.63) is 102 Å². The van der Waals surface area contributed by atoms with Gasteiger partial charge in [0.1, 0.15) is 5.03 Å². The summed E-state index contributed by atoms with van der Waals surface area (Å²) in [6, 6.07) is 20.2. The molecule has 0 radical (unpaired) electrons. The zero-order valence-corrected chi connectivity index (χ0v) is 25.9. The van der Waals surface area contributed by atoms with Crippen molar-refractivity contribution in [2.45, 2.75) is 61.9 Å². The predicted molar refractivity (Wildman–Crippen MR) is 152 cm³/mol. The first-order chi connectivity index (χ1) is 19.8. The normalized spacial score (nSPS) is 14.9. The van der Waals surface area contributed by atoms with E-state index in [0.717, 1.165) is 41.6 Å². The predicted octanol–water partition coefficient (Wildman–Crippen LogP) is 9.30. The van der Waals surface area contributed by atoms with E-state index in [1.165, 1.54) is 55.0 Å². The number of nitrogens with zero attached hydrogens (tertiary/aromatic N) is 3. The molecule has 1 fully saturated rings. The summed E-state index contributed by atoms with van der Waals surface area (Å²) >= 11 is 1.25. The van der Waals surface area contributed by atoms with Gasteiger partial charge in [-0.15, -0.1) is 24.3 Å².